The number of hydrogen-bond acceptors (Lipinski definition) is 4. The Hall–Kier alpha value is -2.60. The number of thiophene rings is 1. The standard InChI is InChI=1S/C29H37FN2O2S/c1-3-5-7-8-9-10-11-12-13-23-20-31-28(32-27(23)30)22-17-15-21(16-18-22)25-19-24(14-6-4-2)35-26(25)29(33)34/h15-20H,3-14H2,1-2H3,(H,33,34). The van der Waals surface area contributed by atoms with Gasteiger partial charge in [-0.2, -0.15) is 9.37 Å². The van der Waals surface area contributed by atoms with Gasteiger partial charge in [-0.05, 0) is 37.3 Å². The van der Waals surface area contributed by atoms with E-state index in [2.05, 4.69) is 23.8 Å². The third kappa shape index (κ3) is 7.96. The fraction of sp³-hybridized carbons (Fsp3) is 0.483. The molecule has 35 heavy (non-hydrogen) atoms. The Morgan fingerprint density at radius 3 is 2.14 bits per heavy atom. The summed E-state index contributed by atoms with van der Waals surface area (Å²) in [4.78, 5) is 21.7. The van der Waals surface area contributed by atoms with Crippen LogP contribution >= 0.6 is 11.3 Å². The van der Waals surface area contributed by atoms with Crippen molar-refractivity contribution in [2.24, 2.45) is 0 Å². The molecule has 0 amide bonds. The molecule has 0 aliphatic heterocycles. The van der Waals surface area contributed by atoms with Crippen molar-refractivity contribution in [3.8, 4) is 22.5 Å². The number of carbonyl (C=O) groups is 1. The monoisotopic (exact) mass is 496 g/mol. The van der Waals surface area contributed by atoms with Gasteiger partial charge in [0.1, 0.15) is 4.88 Å². The number of carboxylic acid groups (broad SMARTS) is 1. The van der Waals surface area contributed by atoms with Crippen LogP contribution in [-0.2, 0) is 12.8 Å². The topological polar surface area (TPSA) is 63.1 Å². The molecule has 0 atom stereocenters. The molecule has 6 heteroatoms. The maximum atomic E-state index is 14.6. The minimum Gasteiger partial charge on any atom is -0.477 e. The highest BCUT2D eigenvalue weighted by Crippen LogP contribution is 2.33. The largest absolute Gasteiger partial charge is 0.477 e. The summed E-state index contributed by atoms with van der Waals surface area (Å²) in [5.41, 5.74) is 2.84. The van der Waals surface area contributed by atoms with Crippen LogP contribution in [0.2, 0.25) is 0 Å². The summed E-state index contributed by atoms with van der Waals surface area (Å²) in [5, 5.41) is 9.64. The average molecular weight is 497 g/mol. The first kappa shape index (κ1) is 27.0. The number of aromatic nitrogens is 2. The summed E-state index contributed by atoms with van der Waals surface area (Å²) in [6.07, 6.45) is 15.0. The number of hydrogen-bond donors (Lipinski definition) is 1. The first-order chi connectivity index (χ1) is 17.0. The highest BCUT2D eigenvalue weighted by Gasteiger charge is 2.17. The minimum atomic E-state index is -0.908. The second kappa shape index (κ2) is 14.1. The van der Waals surface area contributed by atoms with Crippen molar-refractivity contribution in [2.75, 3.05) is 0 Å². The zero-order valence-electron chi connectivity index (χ0n) is 21.0. The molecule has 3 aromatic rings. The average Bonchev–Trinajstić information content (AvgIpc) is 3.30. The van der Waals surface area contributed by atoms with Crippen LogP contribution in [0.15, 0.2) is 36.5 Å². The Morgan fingerprint density at radius 2 is 1.51 bits per heavy atom. The molecule has 3 rings (SSSR count). The van der Waals surface area contributed by atoms with Crippen molar-refractivity contribution in [1.29, 1.82) is 0 Å². The molecule has 0 fully saturated rings. The van der Waals surface area contributed by atoms with E-state index in [1.165, 1.54) is 49.9 Å². The van der Waals surface area contributed by atoms with Crippen LogP contribution in [0.3, 0.4) is 0 Å². The second-order valence-corrected chi connectivity index (χ2v) is 10.3. The van der Waals surface area contributed by atoms with Crippen molar-refractivity contribution < 1.29 is 14.3 Å². The fourth-order valence-corrected chi connectivity index (χ4v) is 5.29. The Balaban J connectivity index is 1.61. The van der Waals surface area contributed by atoms with E-state index >= 15 is 0 Å². The van der Waals surface area contributed by atoms with Crippen molar-refractivity contribution in [2.45, 2.75) is 90.9 Å². The summed E-state index contributed by atoms with van der Waals surface area (Å²) < 4.78 is 14.6. The normalized spacial score (nSPS) is 11.2. The highest BCUT2D eigenvalue weighted by molar-refractivity contribution is 7.14. The molecule has 0 saturated carbocycles. The molecular weight excluding hydrogens is 459 g/mol. The SMILES string of the molecule is CCCCCCCCCCc1cnc(-c2ccc(-c3cc(CCCC)sc3C(=O)O)cc2)nc1F. The highest BCUT2D eigenvalue weighted by atomic mass is 32.1. The minimum absolute atomic E-state index is 0.348. The smallest absolute Gasteiger partial charge is 0.346 e. The fourth-order valence-electron chi connectivity index (χ4n) is 4.23. The molecule has 0 aliphatic carbocycles. The molecule has 0 bridgehead atoms. The zero-order valence-corrected chi connectivity index (χ0v) is 21.8. The molecule has 0 unspecified atom stereocenters. The van der Waals surface area contributed by atoms with Crippen LogP contribution in [0.25, 0.3) is 22.5 Å². The summed E-state index contributed by atoms with van der Waals surface area (Å²) in [6.45, 7) is 4.35. The van der Waals surface area contributed by atoms with E-state index in [-0.39, 0.29) is 0 Å². The molecule has 188 valence electrons. The predicted molar refractivity (Wildman–Crippen MR) is 143 cm³/mol. The number of aromatic carboxylic acids is 1. The number of nitrogens with zero attached hydrogens (tertiary/aromatic N) is 2. The summed E-state index contributed by atoms with van der Waals surface area (Å²) in [6, 6.07) is 9.37. The van der Waals surface area contributed by atoms with Gasteiger partial charge in [0.05, 0.1) is 0 Å². The van der Waals surface area contributed by atoms with Crippen molar-refractivity contribution in [1.82, 2.24) is 9.97 Å². The predicted octanol–water partition coefficient (Wildman–Crippen LogP) is 8.74. The van der Waals surface area contributed by atoms with Crippen molar-refractivity contribution in [3.63, 3.8) is 0 Å². The Bertz CT molecular complexity index is 1080. The molecule has 0 radical (unpaired) electrons. The van der Waals surface area contributed by atoms with E-state index in [9.17, 15) is 14.3 Å². The van der Waals surface area contributed by atoms with Gasteiger partial charge in [-0.15, -0.1) is 11.3 Å². The summed E-state index contributed by atoms with van der Waals surface area (Å²) in [7, 11) is 0. The quantitative estimate of drug-likeness (QED) is 0.169. The van der Waals surface area contributed by atoms with Gasteiger partial charge in [-0.1, -0.05) is 89.5 Å². The number of benzene rings is 1. The first-order valence-corrected chi connectivity index (χ1v) is 13.8. The molecule has 0 saturated heterocycles. The second-order valence-electron chi connectivity index (χ2n) is 9.18. The number of aryl methyl sites for hydroxylation is 2. The molecule has 0 spiro atoms. The maximum absolute atomic E-state index is 14.6. The Morgan fingerprint density at radius 1 is 0.886 bits per heavy atom. The van der Waals surface area contributed by atoms with Crippen LogP contribution < -0.4 is 0 Å². The van der Waals surface area contributed by atoms with Gasteiger partial charge >= 0.3 is 5.97 Å². The van der Waals surface area contributed by atoms with E-state index in [1.807, 2.05) is 30.3 Å². The maximum Gasteiger partial charge on any atom is 0.346 e. The molecule has 2 heterocycles. The number of carboxylic acids is 1. The lowest BCUT2D eigenvalue weighted by molar-refractivity contribution is 0.0703. The van der Waals surface area contributed by atoms with E-state index in [1.54, 1.807) is 6.20 Å². The van der Waals surface area contributed by atoms with Gasteiger partial charge in [0.15, 0.2) is 5.82 Å². The number of unbranched alkanes of at least 4 members (excludes halogenated alkanes) is 8. The van der Waals surface area contributed by atoms with Crippen LogP contribution in [0, 0.1) is 5.95 Å². The third-order valence-corrected chi connectivity index (χ3v) is 7.50. The van der Waals surface area contributed by atoms with E-state index < -0.39 is 11.9 Å². The third-order valence-electron chi connectivity index (χ3n) is 6.32. The van der Waals surface area contributed by atoms with E-state index in [0.717, 1.165) is 48.1 Å². The van der Waals surface area contributed by atoms with Gasteiger partial charge in [-0.25, -0.2) is 9.78 Å². The number of rotatable bonds is 15. The Labute approximate surface area is 212 Å². The molecular formula is C29H37FN2O2S. The van der Waals surface area contributed by atoms with E-state index in [0.29, 0.717) is 28.2 Å². The molecule has 0 aliphatic rings. The van der Waals surface area contributed by atoms with Crippen LogP contribution in [0.5, 0.6) is 0 Å². The van der Waals surface area contributed by atoms with Crippen LogP contribution in [-0.4, -0.2) is 21.0 Å². The summed E-state index contributed by atoms with van der Waals surface area (Å²) in [5.74, 6) is -1.01. The van der Waals surface area contributed by atoms with Gasteiger partial charge in [0, 0.05) is 27.8 Å². The van der Waals surface area contributed by atoms with Crippen molar-refractivity contribution in [3.05, 3.63) is 57.8 Å². The lowest BCUT2D eigenvalue weighted by atomic mass is 10.0. The Kier molecular flexibility index (Phi) is 10.9. The van der Waals surface area contributed by atoms with Gasteiger partial charge in [-0.3, -0.25) is 0 Å². The molecule has 4 nitrogen and oxygen atoms in total. The lowest BCUT2D eigenvalue weighted by Crippen LogP contribution is -1.99. The van der Waals surface area contributed by atoms with Crippen molar-refractivity contribution >= 4 is 17.3 Å². The zero-order chi connectivity index (χ0) is 25.0. The van der Waals surface area contributed by atoms with Crippen LogP contribution in [0.1, 0.15) is 98.2 Å². The molecule has 1 aromatic carbocycles. The van der Waals surface area contributed by atoms with E-state index in [4.69, 9.17) is 0 Å². The molecule has 1 N–H and O–H groups in total. The van der Waals surface area contributed by atoms with Gasteiger partial charge < -0.3 is 5.11 Å². The lowest BCUT2D eigenvalue weighted by Gasteiger charge is -2.07. The molecule has 2 aromatic heterocycles. The van der Waals surface area contributed by atoms with Gasteiger partial charge in [0.25, 0.3) is 0 Å². The number of halogens is 1. The van der Waals surface area contributed by atoms with Crippen LogP contribution in [0.4, 0.5) is 4.39 Å². The van der Waals surface area contributed by atoms with Gasteiger partial charge in [0.2, 0.25) is 5.95 Å². The summed E-state index contributed by atoms with van der Waals surface area (Å²) >= 11 is 1.35. The first-order valence-electron chi connectivity index (χ1n) is 13.0.